The van der Waals surface area contributed by atoms with Crippen molar-refractivity contribution in [2.75, 3.05) is 18.1 Å². The van der Waals surface area contributed by atoms with Gasteiger partial charge in [0, 0.05) is 19.7 Å². The third-order valence-electron chi connectivity index (χ3n) is 4.62. The van der Waals surface area contributed by atoms with Gasteiger partial charge in [-0.15, -0.1) is 0 Å². The highest BCUT2D eigenvalue weighted by atomic mass is 16.5. The minimum atomic E-state index is -0.171. The van der Waals surface area contributed by atoms with Gasteiger partial charge in [0.15, 0.2) is 0 Å². The minimum Gasteiger partial charge on any atom is -0.373 e. The van der Waals surface area contributed by atoms with Crippen LogP contribution in [0.25, 0.3) is 0 Å². The quantitative estimate of drug-likeness (QED) is 0.853. The molecule has 1 amide bonds. The average Bonchev–Trinajstić information content (AvgIpc) is 3.10. The Morgan fingerprint density at radius 3 is 2.91 bits per heavy atom. The van der Waals surface area contributed by atoms with Gasteiger partial charge in [-0.2, -0.15) is 10.1 Å². The highest BCUT2D eigenvalue weighted by Crippen LogP contribution is 2.36. The molecular weight excluding hydrogens is 292 g/mol. The highest BCUT2D eigenvalue weighted by molar-refractivity contribution is 5.94. The van der Waals surface area contributed by atoms with Crippen LogP contribution >= 0.6 is 0 Å². The monoisotopic (exact) mass is 312 g/mol. The Hall–Kier alpha value is -2.21. The number of ether oxygens (including phenoxy) is 1. The van der Waals surface area contributed by atoms with Crippen molar-refractivity contribution in [3.63, 3.8) is 0 Å². The molecule has 1 fully saturated rings. The third kappa shape index (κ3) is 2.63. The predicted octanol–water partition coefficient (Wildman–Crippen LogP) is 2.18. The molecular formula is C17H20N4O2. The minimum absolute atomic E-state index is 0.104. The number of aromatic nitrogens is 3. The van der Waals surface area contributed by atoms with E-state index in [0.717, 1.165) is 31.4 Å². The lowest BCUT2D eigenvalue weighted by atomic mass is 9.88. The van der Waals surface area contributed by atoms with E-state index in [1.165, 1.54) is 6.33 Å². The van der Waals surface area contributed by atoms with Crippen molar-refractivity contribution in [3.05, 3.63) is 42.2 Å². The fourth-order valence-electron chi connectivity index (χ4n) is 3.52. The molecule has 2 aliphatic rings. The van der Waals surface area contributed by atoms with Crippen molar-refractivity contribution < 1.29 is 9.53 Å². The molecule has 2 atom stereocenters. The van der Waals surface area contributed by atoms with E-state index in [1.54, 1.807) is 4.90 Å². The number of amides is 1. The van der Waals surface area contributed by atoms with E-state index in [1.807, 2.05) is 35.0 Å². The van der Waals surface area contributed by atoms with Crippen molar-refractivity contribution in [3.8, 4) is 0 Å². The zero-order valence-electron chi connectivity index (χ0n) is 13.0. The van der Waals surface area contributed by atoms with Crippen molar-refractivity contribution in [1.82, 2.24) is 14.8 Å². The predicted molar refractivity (Wildman–Crippen MR) is 84.9 cm³/mol. The number of benzene rings is 1. The largest absolute Gasteiger partial charge is 0.373 e. The van der Waals surface area contributed by atoms with Gasteiger partial charge >= 0.3 is 0 Å². The summed E-state index contributed by atoms with van der Waals surface area (Å²) in [7, 11) is 0. The Morgan fingerprint density at radius 1 is 1.17 bits per heavy atom. The van der Waals surface area contributed by atoms with Gasteiger partial charge in [0.25, 0.3) is 0 Å². The van der Waals surface area contributed by atoms with Crippen LogP contribution in [0.1, 0.15) is 30.9 Å². The molecule has 23 heavy (non-hydrogen) atoms. The molecule has 1 saturated heterocycles. The van der Waals surface area contributed by atoms with E-state index in [0.29, 0.717) is 19.1 Å². The first-order valence-corrected chi connectivity index (χ1v) is 8.20. The molecule has 0 spiro atoms. The highest BCUT2D eigenvalue weighted by Gasteiger charge is 2.38. The van der Waals surface area contributed by atoms with E-state index in [4.69, 9.17) is 4.74 Å². The van der Waals surface area contributed by atoms with Crippen LogP contribution in [0.2, 0.25) is 0 Å². The smallest absolute Gasteiger partial charge is 0.235 e. The molecule has 0 saturated carbocycles. The molecule has 0 aliphatic carbocycles. The van der Waals surface area contributed by atoms with Crippen LogP contribution in [0.3, 0.4) is 0 Å². The van der Waals surface area contributed by atoms with E-state index < -0.39 is 0 Å². The Labute approximate surface area is 135 Å². The number of aryl methyl sites for hydroxylation is 1. The van der Waals surface area contributed by atoms with Gasteiger partial charge < -0.3 is 4.74 Å². The number of fused-ring (bicyclic) bond motifs is 1. The van der Waals surface area contributed by atoms with E-state index in [9.17, 15) is 4.79 Å². The Kier molecular flexibility index (Phi) is 3.83. The van der Waals surface area contributed by atoms with Crippen LogP contribution < -0.4 is 4.90 Å². The van der Waals surface area contributed by atoms with Crippen LogP contribution in [0.15, 0.2) is 36.7 Å². The maximum atomic E-state index is 13.2. The molecule has 0 radical (unpaired) electrons. The zero-order valence-corrected chi connectivity index (χ0v) is 13.0. The standard InChI is InChI=1S/C17H20N4O2/c22-16(20-9-5-10-21-17(20)18-12-19-21)14-8-4-11-23-15(14)13-6-2-1-3-7-13/h1-3,6-7,12,14-15H,4-5,8-11H2/t14-,15-/m1/s1. The normalized spacial score (nSPS) is 24.3. The van der Waals surface area contributed by atoms with Gasteiger partial charge in [-0.05, 0) is 24.8 Å². The van der Waals surface area contributed by atoms with Gasteiger partial charge in [-0.25, -0.2) is 4.68 Å². The van der Waals surface area contributed by atoms with E-state index in [-0.39, 0.29) is 17.9 Å². The summed E-state index contributed by atoms with van der Waals surface area (Å²) in [6.45, 7) is 2.23. The Bertz CT molecular complexity index is 685. The van der Waals surface area contributed by atoms with E-state index >= 15 is 0 Å². The molecule has 0 bridgehead atoms. The average molecular weight is 312 g/mol. The molecule has 0 N–H and O–H groups in total. The maximum absolute atomic E-state index is 13.2. The van der Waals surface area contributed by atoms with Gasteiger partial charge in [-0.3, -0.25) is 9.69 Å². The van der Waals surface area contributed by atoms with Crippen molar-refractivity contribution in [1.29, 1.82) is 0 Å². The molecule has 3 heterocycles. The topological polar surface area (TPSA) is 60.2 Å². The number of carbonyl (C=O) groups is 1. The van der Waals surface area contributed by atoms with Crippen LogP contribution in [-0.4, -0.2) is 33.8 Å². The number of hydrogen-bond donors (Lipinski definition) is 0. The number of rotatable bonds is 2. The lowest BCUT2D eigenvalue weighted by Crippen LogP contribution is -2.44. The summed E-state index contributed by atoms with van der Waals surface area (Å²) in [6.07, 6.45) is 4.03. The second-order valence-corrected chi connectivity index (χ2v) is 6.08. The summed E-state index contributed by atoms with van der Waals surface area (Å²) in [6, 6.07) is 10.0. The second-order valence-electron chi connectivity index (χ2n) is 6.08. The fraction of sp³-hybridized carbons (Fsp3) is 0.471. The SMILES string of the molecule is O=C([C@@H]1CCCO[C@@H]1c1ccccc1)N1CCCn2ncnc21. The van der Waals surface area contributed by atoms with Gasteiger partial charge in [0.1, 0.15) is 6.33 Å². The summed E-state index contributed by atoms with van der Waals surface area (Å²) < 4.78 is 7.78. The zero-order chi connectivity index (χ0) is 15.6. The van der Waals surface area contributed by atoms with Gasteiger partial charge in [-0.1, -0.05) is 30.3 Å². The Balaban J connectivity index is 1.62. The summed E-state index contributed by atoms with van der Waals surface area (Å²) in [5, 5.41) is 4.19. The second kappa shape index (κ2) is 6.12. The lowest BCUT2D eigenvalue weighted by Gasteiger charge is -2.35. The number of carbonyl (C=O) groups excluding carboxylic acids is 1. The molecule has 6 heteroatoms. The Morgan fingerprint density at radius 2 is 2.04 bits per heavy atom. The summed E-state index contributed by atoms with van der Waals surface area (Å²) in [5.74, 6) is 0.612. The molecule has 4 rings (SSSR count). The molecule has 6 nitrogen and oxygen atoms in total. The van der Waals surface area contributed by atoms with Gasteiger partial charge in [0.2, 0.25) is 11.9 Å². The van der Waals surface area contributed by atoms with Gasteiger partial charge in [0.05, 0.1) is 12.0 Å². The van der Waals surface area contributed by atoms with Crippen LogP contribution in [-0.2, 0) is 16.1 Å². The molecule has 0 unspecified atom stereocenters. The third-order valence-corrected chi connectivity index (χ3v) is 4.62. The number of hydrogen-bond acceptors (Lipinski definition) is 4. The van der Waals surface area contributed by atoms with Crippen LogP contribution in [0.5, 0.6) is 0 Å². The number of anilines is 1. The van der Waals surface area contributed by atoms with Crippen molar-refractivity contribution in [2.24, 2.45) is 5.92 Å². The first-order valence-electron chi connectivity index (χ1n) is 8.20. The van der Waals surface area contributed by atoms with Crippen LogP contribution in [0, 0.1) is 5.92 Å². The maximum Gasteiger partial charge on any atom is 0.235 e. The summed E-state index contributed by atoms with van der Waals surface area (Å²) in [4.78, 5) is 19.2. The lowest BCUT2D eigenvalue weighted by molar-refractivity contribution is -0.132. The molecule has 1 aromatic carbocycles. The van der Waals surface area contributed by atoms with Crippen molar-refractivity contribution in [2.45, 2.75) is 31.9 Å². The van der Waals surface area contributed by atoms with Crippen molar-refractivity contribution >= 4 is 11.9 Å². The molecule has 1 aromatic heterocycles. The molecule has 2 aromatic rings. The first-order chi connectivity index (χ1) is 11.3. The number of nitrogens with zero attached hydrogens (tertiary/aromatic N) is 4. The fourth-order valence-corrected chi connectivity index (χ4v) is 3.52. The molecule has 120 valence electrons. The van der Waals surface area contributed by atoms with Crippen LogP contribution in [0.4, 0.5) is 5.95 Å². The summed E-state index contributed by atoms with van der Waals surface area (Å²) in [5.41, 5.74) is 1.07. The van der Waals surface area contributed by atoms with E-state index in [2.05, 4.69) is 10.1 Å². The summed E-state index contributed by atoms with van der Waals surface area (Å²) >= 11 is 0. The molecule has 2 aliphatic heterocycles. The first kappa shape index (κ1) is 14.4.